The topological polar surface area (TPSA) is 52.6 Å². The van der Waals surface area contributed by atoms with Gasteiger partial charge in [-0.3, -0.25) is 4.79 Å². The van der Waals surface area contributed by atoms with Crippen LogP contribution in [-0.2, 0) is 11.4 Å². The van der Waals surface area contributed by atoms with Crippen molar-refractivity contribution in [3.05, 3.63) is 28.8 Å². The number of hydrogen-bond donors (Lipinski definition) is 2. The summed E-state index contributed by atoms with van der Waals surface area (Å²) in [7, 11) is 1.84. The third-order valence-electron chi connectivity index (χ3n) is 2.97. The fourth-order valence-corrected chi connectivity index (χ4v) is 1.94. The van der Waals surface area contributed by atoms with Gasteiger partial charge in [-0.05, 0) is 30.5 Å². The first-order chi connectivity index (χ1) is 8.60. The molecule has 4 nitrogen and oxygen atoms in total. The molecule has 0 aromatic heterocycles. The molecule has 0 saturated heterocycles. The lowest BCUT2D eigenvalue weighted by Crippen LogP contribution is -2.36. The van der Waals surface area contributed by atoms with Gasteiger partial charge in [0.05, 0.1) is 13.2 Å². The lowest BCUT2D eigenvalue weighted by atomic mass is 10.2. The van der Waals surface area contributed by atoms with Gasteiger partial charge in [-0.1, -0.05) is 17.7 Å². The second-order valence-electron chi connectivity index (χ2n) is 4.63. The van der Waals surface area contributed by atoms with Crippen LogP contribution in [0.3, 0.4) is 0 Å². The number of benzene rings is 1. The number of hydrogen-bond acceptors (Lipinski definition) is 3. The zero-order chi connectivity index (χ0) is 13.1. The van der Waals surface area contributed by atoms with Crippen molar-refractivity contribution in [1.29, 1.82) is 0 Å². The Kier molecular flexibility index (Phi) is 4.09. The summed E-state index contributed by atoms with van der Waals surface area (Å²) in [6.45, 7) is 0.232. The molecule has 1 aromatic rings. The van der Waals surface area contributed by atoms with Gasteiger partial charge in [0, 0.05) is 23.8 Å². The lowest BCUT2D eigenvalue weighted by Gasteiger charge is -2.19. The molecular weight excluding hydrogens is 252 g/mol. The summed E-state index contributed by atoms with van der Waals surface area (Å²) in [5, 5.41) is 12.5. The monoisotopic (exact) mass is 268 g/mol. The highest BCUT2D eigenvalue weighted by atomic mass is 35.5. The molecule has 2 N–H and O–H groups in total. The van der Waals surface area contributed by atoms with Crippen LogP contribution in [0.5, 0.6) is 0 Å². The fraction of sp³-hybridized carbons (Fsp3) is 0.462. The molecule has 1 aliphatic carbocycles. The number of anilines is 1. The van der Waals surface area contributed by atoms with E-state index in [0.717, 1.165) is 18.5 Å². The van der Waals surface area contributed by atoms with Gasteiger partial charge in [0.15, 0.2) is 0 Å². The SMILES string of the molecule is CN(CC(=O)NC1CC1)c1ccc(CO)c(Cl)c1. The fourth-order valence-electron chi connectivity index (χ4n) is 1.71. The van der Waals surface area contributed by atoms with Gasteiger partial charge in [0.2, 0.25) is 5.91 Å². The van der Waals surface area contributed by atoms with E-state index in [2.05, 4.69) is 5.32 Å². The summed E-state index contributed by atoms with van der Waals surface area (Å²) < 4.78 is 0. The van der Waals surface area contributed by atoms with E-state index in [1.54, 1.807) is 12.1 Å². The molecule has 5 heteroatoms. The maximum Gasteiger partial charge on any atom is 0.239 e. The van der Waals surface area contributed by atoms with Crippen LogP contribution in [0.4, 0.5) is 5.69 Å². The van der Waals surface area contributed by atoms with Gasteiger partial charge < -0.3 is 15.3 Å². The summed E-state index contributed by atoms with van der Waals surface area (Å²) >= 11 is 6.02. The molecule has 1 fully saturated rings. The van der Waals surface area contributed by atoms with E-state index >= 15 is 0 Å². The van der Waals surface area contributed by atoms with Crippen LogP contribution >= 0.6 is 11.6 Å². The molecule has 0 radical (unpaired) electrons. The van der Waals surface area contributed by atoms with Crippen molar-refractivity contribution in [1.82, 2.24) is 5.32 Å². The first-order valence-corrected chi connectivity index (χ1v) is 6.37. The second-order valence-corrected chi connectivity index (χ2v) is 5.04. The number of rotatable bonds is 5. The molecule has 0 bridgehead atoms. The van der Waals surface area contributed by atoms with Crippen molar-refractivity contribution >= 4 is 23.2 Å². The molecule has 0 unspecified atom stereocenters. The van der Waals surface area contributed by atoms with Crippen molar-refractivity contribution in [3.63, 3.8) is 0 Å². The van der Waals surface area contributed by atoms with Crippen LogP contribution in [-0.4, -0.2) is 30.6 Å². The highest BCUT2D eigenvalue weighted by Gasteiger charge is 2.23. The normalized spacial score (nSPS) is 14.4. The third kappa shape index (κ3) is 3.37. The average Bonchev–Trinajstić information content (AvgIpc) is 3.12. The van der Waals surface area contributed by atoms with Crippen molar-refractivity contribution in [3.8, 4) is 0 Å². The van der Waals surface area contributed by atoms with E-state index in [-0.39, 0.29) is 12.5 Å². The summed E-state index contributed by atoms with van der Waals surface area (Å²) in [6.07, 6.45) is 2.18. The number of likely N-dealkylation sites (N-methyl/N-ethyl adjacent to an activating group) is 1. The number of nitrogens with one attached hydrogen (secondary N) is 1. The Morgan fingerprint density at radius 1 is 1.56 bits per heavy atom. The standard InChI is InChI=1S/C13H17ClN2O2/c1-16(7-13(18)15-10-3-4-10)11-5-2-9(8-17)12(14)6-11/h2,5-6,10,17H,3-4,7-8H2,1H3,(H,15,18). The molecule has 1 aromatic carbocycles. The zero-order valence-corrected chi connectivity index (χ0v) is 11.1. The summed E-state index contributed by atoms with van der Waals surface area (Å²) in [5.41, 5.74) is 1.55. The second kappa shape index (κ2) is 5.59. The predicted molar refractivity (Wildman–Crippen MR) is 71.8 cm³/mol. The minimum Gasteiger partial charge on any atom is -0.392 e. The molecule has 1 amide bonds. The molecular formula is C13H17ClN2O2. The summed E-state index contributed by atoms with van der Waals surface area (Å²) in [4.78, 5) is 13.5. The van der Waals surface area contributed by atoms with Crippen molar-refractivity contribution in [2.24, 2.45) is 0 Å². The molecule has 98 valence electrons. The molecule has 0 heterocycles. The highest BCUT2D eigenvalue weighted by Crippen LogP contribution is 2.23. The Morgan fingerprint density at radius 2 is 2.28 bits per heavy atom. The first-order valence-electron chi connectivity index (χ1n) is 6.00. The lowest BCUT2D eigenvalue weighted by molar-refractivity contribution is -0.119. The molecule has 0 aliphatic heterocycles. The zero-order valence-electron chi connectivity index (χ0n) is 10.3. The van der Waals surface area contributed by atoms with Crippen LogP contribution in [0, 0.1) is 0 Å². The Hall–Kier alpha value is -1.26. The molecule has 1 saturated carbocycles. The highest BCUT2D eigenvalue weighted by molar-refractivity contribution is 6.31. The largest absolute Gasteiger partial charge is 0.392 e. The number of carbonyl (C=O) groups is 1. The number of aliphatic hydroxyl groups is 1. The predicted octanol–water partition coefficient (Wildman–Crippen LogP) is 1.55. The van der Waals surface area contributed by atoms with Crippen molar-refractivity contribution in [2.45, 2.75) is 25.5 Å². The van der Waals surface area contributed by atoms with Crippen molar-refractivity contribution < 1.29 is 9.90 Å². The number of amides is 1. The van der Waals surface area contributed by atoms with Gasteiger partial charge in [-0.2, -0.15) is 0 Å². The van der Waals surface area contributed by atoms with Crippen LogP contribution in [0.2, 0.25) is 5.02 Å². The van der Waals surface area contributed by atoms with E-state index in [0.29, 0.717) is 23.2 Å². The molecule has 0 spiro atoms. The van der Waals surface area contributed by atoms with Crippen LogP contribution in [0.25, 0.3) is 0 Å². The maximum absolute atomic E-state index is 11.7. The number of aliphatic hydroxyl groups excluding tert-OH is 1. The number of nitrogens with zero attached hydrogens (tertiary/aromatic N) is 1. The quantitative estimate of drug-likeness (QED) is 0.852. The molecule has 2 rings (SSSR count). The Bertz CT molecular complexity index is 447. The van der Waals surface area contributed by atoms with Gasteiger partial charge in [-0.25, -0.2) is 0 Å². The Morgan fingerprint density at radius 3 is 2.83 bits per heavy atom. The molecule has 1 aliphatic rings. The minimum atomic E-state index is -0.0784. The van der Waals surface area contributed by atoms with Gasteiger partial charge in [-0.15, -0.1) is 0 Å². The number of halogens is 1. The van der Waals surface area contributed by atoms with E-state index in [9.17, 15) is 4.79 Å². The van der Waals surface area contributed by atoms with E-state index in [1.807, 2.05) is 18.0 Å². The first kappa shape index (κ1) is 13.2. The van der Waals surface area contributed by atoms with Crippen molar-refractivity contribution in [2.75, 3.05) is 18.5 Å². The molecule has 0 atom stereocenters. The van der Waals surface area contributed by atoms with Gasteiger partial charge in [0.1, 0.15) is 0 Å². The van der Waals surface area contributed by atoms with E-state index in [4.69, 9.17) is 16.7 Å². The van der Waals surface area contributed by atoms with Gasteiger partial charge in [0.25, 0.3) is 0 Å². The smallest absolute Gasteiger partial charge is 0.239 e. The van der Waals surface area contributed by atoms with Crippen LogP contribution < -0.4 is 10.2 Å². The number of carbonyl (C=O) groups excluding carboxylic acids is 1. The van der Waals surface area contributed by atoms with E-state index in [1.165, 1.54) is 0 Å². The Balaban J connectivity index is 1.96. The van der Waals surface area contributed by atoms with Gasteiger partial charge >= 0.3 is 0 Å². The van der Waals surface area contributed by atoms with E-state index < -0.39 is 0 Å². The van der Waals surface area contributed by atoms with Crippen LogP contribution in [0.1, 0.15) is 18.4 Å². The Labute approximate surface area is 112 Å². The average molecular weight is 269 g/mol. The molecule has 18 heavy (non-hydrogen) atoms. The summed E-state index contributed by atoms with van der Waals surface area (Å²) in [6, 6.07) is 5.76. The minimum absolute atomic E-state index is 0.0300. The maximum atomic E-state index is 11.7. The third-order valence-corrected chi connectivity index (χ3v) is 3.32. The summed E-state index contributed by atoms with van der Waals surface area (Å²) in [5.74, 6) is 0.0300. The van der Waals surface area contributed by atoms with Crippen LogP contribution in [0.15, 0.2) is 18.2 Å².